The van der Waals surface area contributed by atoms with Crippen molar-refractivity contribution in [3.05, 3.63) is 29.6 Å². The smallest absolute Gasteiger partial charge is 0.242 e. The van der Waals surface area contributed by atoms with Crippen molar-refractivity contribution in [2.24, 2.45) is 0 Å². The lowest BCUT2D eigenvalue weighted by Gasteiger charge is -2.38. The van der Waals surface area contributed by atoms with E-state index in [1.165, 1.54) is 0 Å². The van der Waals surface area contributed by atoms with E-state index in [4.69, 9.17) is 5.26 Å². The minimum absolute atomic E-state index is 0.0871. The molecule has 1 aromatic rings. The van der Waals surface area contributed by atoms with E-state index in [9.17, 15) is 4.79 Å². The predicted octanol–water partition coefficient (Wildman–Crippen LogP) is 0.664. The molecule has 0 atom stereocenters. The van der Waals surface area contributed by atoms with Crippen LogP contribution in [0.3, 0.4) is 0 Å². The lowest BCUT2D eigenvalue weighted by molar-refractivity contribution is -0.140. The number of rotatable bonds is 2. The van der Waals surface area contributed by atoms with Gasteiger partial charge in [-0.1, -0.05) is 0 Å². The van der Waals surface area contributed by atoms with Gasteiger partial charge in [-0.2, -0.15) is 5.26 Å². The fourth-order valence-corrected chi connectivity index (χ4v) is 2.08. The lowest BCUT2D eigenvalue weighted by atomic mass is 10.0. The zero-order valence-corrected chi connectivity index (χ0v) is 10.6. The van der Waals surface area contributed by atoms with Crippen molar-refractivity contribution in [1.82, 2.24) is 15.2 Å². The van der Waals surface area contributed by atoms with E-state index in [0.29, 0.717) is 18.8 Å². The first kappa shape index (κ1) is 12.5. The summed E-state index contributed by atoms with van der Waals surface area (Å²) in [6, 6.07) is 5.57. The van der Waals surface area contributed by atoms with E-state index in [0.717, 1.165) is 12.1 Å². The highest BCUT2D eigenvalue weighted by atomic mass is 16.2. The average Bonchev–Trinajstić information content (AvgIpc) is 2.35. The second-order valence-corrected chi connectivity index (χ2v) is 4.94. The summed E-state index contributed by atoms with van der Waals surface area (Å²) in [4.78, 5) is 17.9. The zero-order chi connectivity index (χ0) is 13.2. The molecule has 0 aliphatic carbocycles. The van der Waals surface area contributed by atoms with Crippen molar-refractivity contribution in [2.45, 2.75) is 25.9 Å². The summed E-state index contributed by atoms with van der Waals surface area (Å²) in [7, 11) is 0. The number of piperazine rings is 1. The van der Waals surface area contributed by atoms with Crippen molar-refractivity contribution in [2.75, 3.05) is 13.1 Å². The number of carbonyl (C=O) groups is 1. The lowest BCUT2D eigenvalue weighted by Crippen LogP contribution is -2.60. The van der Waals surface area contributed by atoms with Gasteiger partial charge >= 0.3 is 0 Å². The summed E-state index contributed by atoms with van der Waals surface area (Å²) < 4.78 is 0. The molecule has 1 saturated heterocycles. The number of aromatic nitrogens is 1. The molecule has 0 aromatic carbocycles. The van der Waals surface area contributed by atoms with Crippen molar-refractivity contribution in [3.63, 3.8) is 0 Å². The van der Waals surface area contributed by atoms with E-state index in [1.807, 2.05) is 30.9 Å². The minimum Gasteiger partial charge on any atom is -0.336 e. The first-order valence-corrected chi connectivity index (χ1v) is 5.92. The van der Waals surface area contributed by atoms with Gasteiger partial charge in [-0.3, -0.25) is 4.79 Å². The summed E-state index contributed by atoms with van der Waals surface area (Å²) in [5.74, 6) is 0.0871. The minimum atomic E-state index is -0.511. The Hall–Kier alpha value is -1.93. The molecule has 1 aromatic heterocycles. The molecule has 18 heavy (non-hydrogen) atoms. The van der Waals surface area contributed by atoms with Gasteiger partial charge in [0.2, 0.25) is 5.91 Å². The Kier molecular flexibility index (Phi) is 3.30. The number of carbonyl (C=O) groups excluding carboxylic acids is 1. The number of nitriles is 1. The van der Waals surface area contributed by atoms with Crippen LogP contribution in [0.25, 0.3) is 0 Å². The van der Waals surface area contributed by atoms with Crippen molar-refractivity contribution < 1.29 is 4.79 Å². The zero-order valence-electron chi connectivity index (χ0n) is 10.6. The summed E-state index contributed by atoms with van der Waals surface area (Å²) in [6.45, 7) is 5.77. The third-order valence-electron chi connectivity index (χ3n) is 3.08. The third-order valence-corrected chi connectivity index (χ3v) is 3.08. The van der Waals surface area contributed by atoms with E-state index in [2.05, 4.69) is 10.3 Å². The first-order valence-electron chi connectivity index (χ1n) is 5.92. The Bertz CT molecular complexity index is 504. The molecule has 5 heteroatoms. The second kappa shape index (κ2) is 4.75. The van der Waals surface area contributed by atoms with Gasteiger partial charge in [0.05, 0.1) is 5.54 Å². The van der Waals surface area contributed by atoms with Crippen LogP contribution in [0.1, 0.15) is 25.1 Å². The number of hydrogen-bond acceptors (Lipinski definition) is 4. The Balaban J connectivity index is 2.14. The number of hydrogen-bond donors (Lipinski definition) is 1. The van der Waals surface area contributed by atoms with Crippen molar-refractivity contribution in [1.29, 1.82) is 5.26 Å². The van der Waals surface area contributed by atoms with Gasteiger partial charge < -0.3 is 10.2 Å². The molecule has 2 heterocycles. The molecule has 0 bridgehead atoms. The Labute approximate surface area is 106 Å². The summed E-state index contributed by atoms with van der Waals surface area (Å²) >= 11 is 0. The summed E-state index contributed by atoms with van der Waals surface area (Å²) in [6.07, 6.45) is 1.60. The van der Waals surface area contributed by atoms with Gasteiger partial charge in [0.25, 0.3) is 0 Å². The molecular formula is C13H16N4O. The number of amides is 1. The predicted molar refractivity (Wildman–Crippen MR) is 66.5 cm³/mol. The number of nitrogens with one attached hydrogen (secondary N) is 1. The largest absolute Gasteiger partial charge is 0.336 e. The van der Waals surface area contributed by atoms with E-state index >= 15 is 0 Å². The third kappa shape index (κ3) is 2.49. The van der Waals surface area contributed by atoms with Crippen LogP contribution >= 0.6 is 0 Å². The fraction of sp³-hybridized carbons (Fsp3) is 0.462. The van der Waals surface area contributed by atoms with Crippen LogP contribution in [0.2, 0.25) is 0 Å². The molecule has 1 amide bonds. The van der Waals surface area contributed by atoms with Crippen LogP contribution in [0, 0.1) is 11.3 Å². The van der Waals surface area contributed by atoms with E-state index < -0.39 is 5.54 Å². The van der Waals surface area contributed by atoms with Crippen LogP contribution in [-0.4, -0.2) is 34.4 Å². The van der Waals surface area contributed by atoms with Crippen LogP contribution in [0.4, 0.5) is 0 Å². The van der Waals surface area contributed by atoms with Gasteiger partial charge in [-0.05, 0) is 31.5 Å². The molecule has 94 valence electrons. The maximum Gasteiger partial charge on any atom is 0.242 e. The highest BCUT2D eigenvalue weighted by Gasteiger charge is 2.34. The number of pyridine rings is 1. The molecule has 1 aliphatic heterocycles. The van der Waals surface area contributed by atoms with Gasteiger partial charge in [0.15, 0.2) is 0 Å². The second-order valence-electron chi connectivity index (χ2n) is 4.94. The van der Waals surface area contributed by atoms with E-state index in [1.54, 1.807) is 12.3 Å². The molecule has 5 nitrogen and oxygen atoms in total. The van der Waals surface area contributed by atoms with E-state index in [-0.39, 0.29) is 5.91 Å². The van der Waals surface area contributed by atoms with Gasteiger partial charge in [0.1, 0.15) is 11.8 Å². The summed E-state index contributed by atoms with van der Waals surface area (Å²) in [5, 5.41) is 12.0. The van der Waals surface area contributed by atoms with Crippen LogP contribution in [0.15, 0.2) is 18.3 Å². The normalized spacial score (nSPS) is 18.5. The quantitative estimate of drug-likeness (QED) is 0.830. The molecule has 0 radical (unpaired) electrons. The fourth-order valence-electron chi connectivity index (χ4n) is 2.08. The van der Waals surface area contributed by atoms with Crippen LogP contribution < -0.4 is 5.32 Å². The van der Waals surface area contributed by atoms with Gasteiger partial charge in [0, 0.05) is 25.8 Å². The Morgan fingerprint density at radius 3 is 3.11 bits per heavy atom. The molecule has 0 unspecified atom stereocenters. The Morgan fingerprint density at radius 2 is 2.39 bits per heavy atom. The topological polar surface area (TPSA) is 69.0 Å². The average molecular weight is 244 g/mol. The standard InChI is InChI=1S/C13H16N4O/c1-13(2)12(18)17(6-5-16-13)9-10-3-4-15-11(7-10)8-14/h3-4,7,16H,5-6,9H2,1-2H3. The molecule has 0 spiro atoms. The van der Waals surface area contributed by atoms with Crippen LogP contribution in [0.5, 0.6) is 0 Å². The van der Waals surface area contributed by atoms with Gasteiger partial charge in [-0.25, -0.2) is 4.98 Å². The monoisotopic (exact) mass is 244 g/mol. The Morgan fingerprint density at radius 1 is 1.61 bits per heavy atom. The molecule has 1 N–H and O–H groups in total. The molecule has 1 fully saturated rings. The molecule has 2 rings (SSSR count). The highest BCUT2D eigenvalue weighted by Crippen LogP contribution is 2.15. The number of nitrogens with zero attached hydrogens (tertiary/aromatic N) is 3. The van der Waals surface area contributed by atoms with Crippen molar-refractivity contribution >= 4 is 5.91 Å². The van der Waals surface area contributed by atoms with Crippen LogP contribution in [-0.2, 0) is 11.3 Å². The maximum absolute atomic E-state index is 12.2. The highest BCUT2D eigenvalue weighted by molar-refractivity contribution is 5.86. The van der Waals surface area contributed by atoms with Crippen molar-refractivity contribution in [3.8, 4) is 6.07 Å². The van der Waals surface area contributed by atoms with Gasteiger partial charge in [-0.15, -0.1) is 0 Å². The maximum atomic E-state index is 12.2. The SMILES string of the molecule is CC1(C)NCCN(Cc2ccnc(C#N)c2)C1=O. The molecule has 0 saturated carbocycles. The summed E-state index contributed by atoms with van der Waals surface area (Å²) in [5.41, 5.74) is 0.811. The molecule has 1 aliphatic rings. The molecular weight excluding hydrogens is 228 g/mol. The first-order chi connectivity index (χ1) is 8.53.